The molecule has 0 aliphatic heterocycles. The highest BCUT2D eigenvalue weighted by Gasteiger charge is 2.12. The molecule has 0 radical (unpaired) electrons. The van der Waals surface area contributed by atoms with E-state index in [1.807, 2.05) is 0 Å². The summed E-state index contributed by atoms with van der Waals surface area (Å²) in [6.45, 7) is 0. The van der Waals surface area contributed by atoms with Gasteiger partial charge in [0.1, 0.15) is 11.6 Å². The standard InChI is InChI=1S/C12H6Br2FNO3/c13-6-3-9(14)11(16-5-6)19-7-1-2-8(12(17)18)10(15)4-7/h1-5H,(H,17,18). The smallest absolute Gasteiger partial charge is 0.338 e. The molecular formula is C12H6Br2FNO3. The second kappa shape index (κ2) is 5.66. The van der Waals surface area contributed by atoms with Gasteiger partial charge in [0.25, 0.3) is 0 Å². The quantitative estimate of drug-likeness (QED) is 0.851. The summed E-state index contributed by atoms with van der Waals surface area (Å²) in [4.78, 5) is 14.7. The number of ether oxygens (including phenoxy) is 1. The number of halogens is 3. The van der Waals surface area contributed by atoms with Crippen molar-refractivity contribution in [1.29, 1.82) is 0 Å². The lowest BCUT2D eigenvalue weighted by Crippen LogP contribution is -2.00. The van der Waals surface area contributed by atoms with Crippen molar-refractivity contribution in [1.82, 2.24) is 4.98 Å². The van der Waals surface area contributed by atoms with E-state index >= 15 is 0 Å². The zero-order chi connectivity index (χ0) is 14.0. The first-order valence-corrected chi connectivity index (χ1v) is 6.57. The van der Waals surface area contributed by atoms with Crippen molar-refractivity contribution in [3.8, 4) is 11.6 Å². The van der Waals surface area contributed by atoms with Gasteiger partial charge in [0, 0.05) is 16.7 Å². The number of pyridine rings is 1. The van der Waals surface area contributed by atoms with Gasteiger partial charge in [0.15, 0.2) is 0 Å². The third kappa shape index (κ3) is 3.30. The Labute approximate surface area is 124 Å². The van der Waals surface area contributed by atoms with Gasteiger partial charge in [-0.1, -0.05) is 0 Å². The van der Waals surface area contributed by atoms with Crippen molar-refractivity contribution in [2.45, 2.75) is 0 Å². The second-order valence-electron chi connectivity index (χ2n) is 3.49. The molecule has 1 aromatic carbocycles. The Hall–Kier alpha value is -1.47. The fourth-order valence-electron chi connectivity index (χ4n) is 1.32. The number of nitrogens with zero attached hydrogens (tertiary/aromatic N) is 1. The Morgan fingerprint density at radius 1 is 1.32 bits per heavy atom. The van der Waals surface area contributed by atoms with Crippen LogP contribution in [0.1, 0.15) is 10.4 Å². The summed E-state index contributed by atoms with van der Waals surface area (Å²) in [5.74, 6) is -1.77. The monoisotopic (exact) mass is 389 g/mol. The third-order valence-corrected chi connectivity index (χ3v) is 3.16. The molecule has 0 amide bonds. The van der Waals surface area contributed by atoms with E-state index < -0.39 is 17.3 Å². The van der Waals surface area contributed by atoms with E-state index in [2.05, 4.69) is 36.8 Å². The number of carbonyl (C=O) groups is 1. The maximum atomic E-state index is 13.5. The van der Waals surface area contributed by atoms with Gasteiger partial charge in [-0.15, -0.1) is 0 Å². The van der Waals surface area contributed by atoms with Crippen LogP contribution >= 0.6 is 31.9 Å². The number of carboxylic acids is 1. The van der Waals surface area contributed by atoms with Crippen LogP contribution in [0.5, 0.6) is 11.6 Å². The van der Waals surface area contributed by atoms with Crippen molar-refractivity contribution in [3.63, 3.8) is 0 Å². The fourth-order valence-corrected chi connectivity index (χ4v) is 2.39. The van der Waals surface area contributed by atoms with E-state index in [9.17, 15) is 9.18 Å². The lowest BCUT2D eigenvalue weighted by Gasteiger charge is -2.07. The Bertz CT molecular complexity index is 649. The van der Waals surface area contributed by atoms with Crippen LogP contribution in [0.2, 0.25) is 0 Å². The molecule has 0 spiro atoms. The van der Waals surface area contributed by atoms with Gasteiger partial charge in [0.05, 0.1) is 10.0 Å². The highest BCUT2D eigenvalue weighted by molar-refractivity contribution is 9.11. The number of benzene rings is 1. The van der Waals surface area contributed by atoms with Crippen molar-refractivity contribution in [3.05, 3.63) is 50.8 Å². The van der Waals surface area contributed by atoms with Gasteiger partial charge in [0.2, 0.25) is 5.88 Å². The van der Waals surface area contributed by atoms with E-state index in [0.29, 0.717) is 4.47 Å². The topological polar surface area (TPSA) is 59.4 Å². The normalized spacial score (nSPS) is 10.3. The summed E-state index contributed by atoms with van der Waals surface area (Å²) in [5.41, 5.74) is -0.407. The molecule has 4 nitrogen and oxygen atoms in total. The molecule has 7 heteroatoms. The molecule has 1 heterocycles. The molecule has 19 heavy (non-hydrogen) atoms. The average Bonchev–Trinajstić information content (AvgIpc) is 2.32. The van der Waals surface area contributed by atoms with Crippen molar-refractivity contribution in [2.24, 2.45) is 0 Å². The van der Waals surface area contributed by atoms with E-state index in [-0.39, 0.29) is 11.6 Å². The Morgan fingerprint density at radius 2 is 2.05 bits per heavy atom. The minimum Gasteiger partial charge on any atom is -0.478 e. The highest BCUT2D eigenvalue weighted by atomic mass is 79.9. The molecule has 98 valence electrons. The van der Waals surface area contributed by atoms with Gasteiger partial charge in [-0.25, -0.2) is 14.2 Å². The number of aromatic nitrogens is 1. The zero-order valence-corrected chi connectivity index (χ0v) is 12.4. The summed E-state index contributed by atoms with van der Waals surface area (Å²) in [6, 6.07) is 5.23. The van der Waals surface area contributed by atoms with Gasteiger partial charge in [-0.2, -0.15) is 0 Å². The summed E-state index contributed by atoms with van der Waals surface area (Å²) in [7, 11) is 0. The van der Waals surface area contributed by atoms with Crippen LogP contribution in [0, 0.1) is 5.82 Å². The summed E-state index contributed by atoms with van der Waals surface area (Å²) in [5, 5.41) is 8.72. The van der Waals surface area contributed by atoms with Crippen LogP contribution in [0.4, 0.5) is 4.39 Å². The van der Waals surface area contributed by atoms with Crippen molar-refractivity contribution >= 4 is 37.8 Å². The largest absolute Gasteiger partial charge is 0.478 e. The summed E-state index contributed by atoms with van der Waals surface area (Å²) >= 11 is 6.50. The lowest BCUT2D eigenvalue weighted by molar-refractivity contribution is 0.0692. The maximum absolute atomic E-state index is 13.5. The molecule has 2 rings (SSSR count). The molecule has 0 saturated carbocycles. The molecule has 0 saturated heterocycles. The number of hydrogen-bond donors (Lipinski definition) is 1. The maximum Gasteiger partial charge on any atom is 0.338 e. The molecule has 0 bridgehead atoms. The fraction of sp³-hybridized carbons (Fsp3) is 0. The Morgan fingerprint density at radius 3 is 2.63 bits per heavy atom. The Balaban J connectivity index is 2.29. The van der Waals surface area contributed by atoms with Crippen molar-refractivity contribution < 1.29 is 19.0 Å². The number of hydrogen-bond acceptors (Lipinski definition) is 3. The molecule has 2 aromatic rings. The van der Waals surface area contributed by atoms with Crippen LogP contribution in [0.3, 0.4) is 0 Å². The van der Waals surface area contributed by atoms with E-state index in [0.717, 1.165) is 16.6 Å². The molecule has 0 atom stereocenters. The van der Waals surface area contributed by atoms with E-state index in [4.69, 9.17) is 9.84 Å². The minimum atomic E-state index is -1.33. The zero-order valence-electron chi connectivity index (χ0n) is 9.23. The average molecular weight is 391 g/mol. The molecule has 0 aliphatic carbocycles. The minimum absolute atomic E-state index is 0.165. The lowest BCUT2D eigenvalue weighted by atomic mass is 10.2. The first-order chi connectivity index (χ1) is 8.97. The number of carboxylic acid groups (broad SMARTS) is 1. The predicted molar refractivity (Wildman–Crippen MR) is 73.1 cm³/mol. The SMILES string of the molecule is O=C(O)c1ccc(Oc2ncc(Br)cc2Br)cc1F. The molecular weight excluding hydrogens is 385 g/mol. The first-order valence-electron chi connectivity index (χ1n) is 4.99. The molecule has 0 fully saturated rings. The van der Waals surface area contributed by atoms with Gasteiger partial charge in [-0.05, 0) is 50.1 Å². The number of rotatable bonds is 3. The molecule has 0 aliphatic rings. The van der Waals surface area contributed by atoms with Crippen LogP contribution in [0.15, 0.2) is 39.4 Å². The van der Waals surface area contributed by atoms with Gasteiger partial charge >= 0.3 is 5.97 Å². The van der Waals surface area contributed by atoms with Gasteiger partial charge < -0.3 is 9.84 Å². The van der Waals surface area contributed by atoms with E-state index in [1.165, 1.54) is 12.3 Å². The first kappa shape index (κ1) is 14.0. The van der Waals surface area contributed by atoms with E-state index in [1.54, 1.807) is 6.07 Å². The number of aromatic carboxylic acids is 1. The highest BCUT2D eigenvalue weighted by Crippen LogP contribution is 2.30. The molecule has 0 unspecified atom stereocenters. The van der Waals surface area contributed by atoms with Gasteiger partial charge in [-0.3, -0.25) is 0 Å². The van der Waals surface area contributed by atoms with Crippen LogP contribution in [-0.4, -0.2) is 16.1 Å². The Kier molecular flexibility index (Phi) is 4.16. The third-order valence-electron chi connectivity index (χ3n) is 2.16. The summed E-state index contributed by atoms with van der Waals surface area (Å²) < 4.78 is 20.2. The molecule has 1 aromatic heterocycles. The summed E-state index contributed by atoms with van der Waals surface area (Å²) in [6.07, 6.45) is 1.53. The van der Waals surface area contributed by atoms with Crippen LogP contribution < -0.4 is 4.74 Å². The predicted octanol–water partition coefficient (Wildman–Crippen LogP) is 4.24. The second-order valence-corrected chi connectivity index (χ2v) is 5.26. The van der Waals surface area contributed by atoms with Crippen LogP contribution in [0.25, 0.3) is 0 Å². The molecule has 1 N–H and O–H groups in total. The van der Waals surface area contributed by atoms with Crippen LogP contribution in [-0.2, 0) is 0 Å². The van der Waals surface area contributed by atoms with Crippen molar-refractivity contribution in [2.75, 3.05) is 0 Å².